The second-order valence-electron chi connectivity index (χ2n) is 3.86. The van der Waals surface area contributed by atoms with Crippen LogP contribution in [0.25, 0.3) is 22.8 Å². The van der Waals surface area contributed by atoms with Gasteiger partial charge in [-0.05, 0) is 30.3 Å². The van der Waals surface area contributed by atoms with Gasteiger partial charge in [0.1, 0.15) is 5.69 Å². The maximum Gasteiger partial charge on any atom is 0.197 e. The molecule has 96 valence electrons. The van der Waals surface area contributed by atoms with Gasteiger partial charge in [0, 0.05) is 5.56 Å². The van der Waals surface area contributed by atoms with Crippen LogP contribution in [0.5, 0.6) is 5.75 Å². The van der Waals surface area contributed by atoms with Crippen molar-refractivity contribution in [2.75, 3.05) is 7.11 Å². The third kappa shape index (κ3) is 1.99. The Hall–Kier alpha value is -2.56. The maximum atomic E-state index is 13.7. The Morgan fingerprint density at radius 2 is 2.11 bits per heavy atom. The molecule has 0 amide bonds. The Kier molecular flexibility index (Phi) is 2.79. The molecule has 0 saturated heterocycles. The fraction of sp³-hybridized carbons (Fsp3) is 0.0714. The lowest BCUT2D eigenvalue weighted by molar-refractivity contribution is 0.386. The average Bonchev–Trinajstić information content (AvgIpc) is 3.09. The third-order valence-corrected chi connectivity index (χ3v) is 2.74. The number of ether oxygens (including phenoxy) is 1. The van der Waals surface area contributed by atoms with Crippen molar-refractivity contribution in [3.63, 3.8) is 0 Å². The first-order chi connectivity index (χ1) is 9.29. The highest BCUT2D eigenvalue weighted by Gasteiger charge is 2.16. The van der Waals surface area contributed by atoms with E-state index in [2.05, 4.69) is 4.98 Å². The fourth-order valence-electron chi connectivity index (χ4n) is 1.85. The zero-order chi connectivity index (χ0) is 13.2. The van der Waals surface area contributed by atoms with Crippen molar-refractivity contribution in [3.05, 3.63) is 48.8 Å². The van der Waals surface area contributed by atoms with Crippen LogP contribution in [0.4, 0.5) is 4.39 Å². The quantitative estimate of drug-likeness (QED) is 0.718. The van der Waals surface area contributed by atoms with E-state index >= 15 is 0 Å². The van der Waals surface area contributed by atoms with Gasteiger partial charge in [-0.2, -0.15) is 0 Å². The van der Waals surface area contributed by atoms with Crippen LogP contribution in [0.15, 0.2) is 51.8 Å². The summed E-state index contributed by atoms with van der Waals surface area (Å²) in [5.74, 6) is 0.749. The molecule has 0 bridgehead atoms. The van der Waals surface area contributed by atoms with Crippen molar-refractivity contribution in [3.8, 4) is 28.5 Å². The zero-order valence-electron chi connectivity index (χ0n) is 10.1. The number of benzene rings is 1. The Balaban J connectivity index is 2.08. The molecule has 3 aromatic rings. The lowest BCUT2D eigenvalue weighted by atomic mass is 10.1. The molecule has 0 aliphatic rings. The average molecular weight is 259 g/mol. The molecule has 2 aromatic heterocycles. The van der Waals surface area contributed by atoms with Crippen LogP contribution in [0.1, 0.15) is 0 Å². The third-order valence-electron chi connectivity index (χ3n) is 2.74. The summed E-state index contributed by atoms with van der Waals surface area (Å²) in [5, 5.41) is 0. The predicted octanol–water partition coefficient (Wildman–Crippen LogP) is 3.75. The van der Waals surface area contributed by atoms with Crippen LogP contribution in [-0.2, 0) is 0 Å². The molecule has 0 aliphatic heterocycles. The van der Waals surface area contributed by atoms with Crippen molar-refractivity contribution in [2.45, 2.75) is 0 Å². The van der Waals surface area contributed by atoms with Gasteiger partial charge < -0.3 is 13.6 Å². The molecule has 0 saturated carbocycles. The molecule has 0 spiro atoms. The topological polar surface area (TPSA) is 48.4 Å². The normalized spacial score (nSPS) is 10.6. The molecule has 2 heterocycles. The van der Waals surface area contributed by atoms with E-state index < -0.39 is 5.82 Å². The minimum Gasteiger partial charge on any atom is -0.494 e. The molecule has 19 heavy (non-hydrogen) atoms. The van der Waals surface area contributed by atoms with Gasteiger partial charge in [0.25, 0.3) is 0 Å². The molecule has 0 N–H and O–H groups in total. The van der Waals surface area contributed by atoms with E-state index in [1.165, 1.54) is 25.8 Å². The van der Waals surface area contributed by atoms with Gasteiger partial charge >= 0.3 is 0 Å². The van der Waals surface area contributed by atoms with Gasteiger partial charge in [0.05, 0.1) is 13.4 Å². The van der Waals surface area contributed by atoms with E-state index in [0.29, 0.717) is 22.8 Å². The second kappa shape index (κ2) is 4.61. The molecule has 4 nitrogen and oxygen atoms in total. The number of oxazole rings is 1. The van der Waals surface area contributed by atoms with E-state index in [1.807, 2.05) is 0 Å². The van der Waals surface area contributed by atoms with Crippen LogP contribution in [0.2, 0.25) is 0 Å². The van der Waals surface area contributed by atoms with E-state index in [4.69, 9.17) is 13.6 Å². The highest BCUT2D eigenvalue weighted by Crippen LogP contribution is 2.33. The van der Waals surface area contributed by atoms with Crippen molar-refractivity contribution in [1.29, 1.82) is 0 Å². The fourth-order valence-corrected chi connectivity index (χ4v) is 1.85. The first-order valence-electron chi connectivity index (χ1n) is 5.61. The molecular weight excluding hydrogens is 249 g/mol. The molecule has 0 aliphatic carbocycles. The summed E-state index contributed by atoms with van der Waals surface area (Å²) in [4.78, 5) is 4.10. The summed E-state index contributed by atoms with van der Waals surface area (Å²) >= 11 is 0. The number of nitrogens with zero attached hydrogens (tertiary/aromatic N) is 1. The van der Waals surface area contributed by atoms with Crippen molar-refractivity contribution < 1.29 is 18.0 Å². The van der Waals surface area contributed by atoms with Gasteiger partial charge in [-0.15, -0.1) is 0 Å². The Morgan fingerprint density at radius 3 is 2.79 bits per heavy atom. The van der Waals surface area contributed by atoms with E-state index in [-0.39, 0.29) is 5.75 Å². The Morgan fingerprint density at radius 1 is 1.21 bits per heavy atom. The smallest absolute Gasteiger partial charge is 0.197 e. The molecule has 0 atom stereocenters. The highest BCUT2D eigenvalue weighted by atomic mass is 19.1. The number of rotatable bonds is 3. The lowest BCUT2D eigenvalue weighted by Crippen LogP contribution is -1.89. The molecule has 3 rings (SSSR count). The molecular formula is C14H10FNO3. The van der Waals surface area contributed by atoms with Crippen LogP contribution in [0, 0.1) is 5.82 Å². The molecule has 0 fully saturated rings. The van der Waals surface area contributed by atoms with Crippen molar-refractivity contribution in [1.82, 2.24) is 4.98 Å². The number of methoxy groups -OCH3 is 1. The Labute approximate surface area is 108 Å². The second-order valence-corrected chi connectivity index (χ2v) is 3.86. The number of aromatic nitrogens is 1. The molecule has 1 aromatic carbocycles. The van der Waals surface area contributed by atoms with Gasteiger partial charge in [-0.3, -0.25) is 0 Å². The van der Waals surface area contributed by atoms with Crippen molar-refractivity contribution >= 4 is 0 Å². The summed E-state index contributed by atoms with van der Waals surface area (Å²) in [6.45, 7) is 0. The minimum atomic E-state index is -0.451. The highest BCUT2D eigenvalue weighted by molar-refractivity contribution is 5.74. The first-order valence-corrected chi connectivity index (χ1v) is 5.61. The number of hydrogen-bond donors (Lipinski definition) is 0. The van der Waals surface area contributed by atoms with Gasteiger partial charge in [0.2, 0.25) is 0 Å². The molecule has 0 radical (unpaired) electrons. The van der Waals surface area contributed by atoms with E-state index in [9.17, 15) is 4.39 Å². The van der Waals surface area contributed by atoms with Gasteiger partial charge in [-0.1, -0.05) is 0 Å². The van der Waals surface area contributed by atoms with Gasteiger partial charge in [-0.25, -0.2) is 9.37 Å². The van der Waals surface area contributed by atoms with Crippen LogP contribution in [-0.4, -0.2) is 12.1 Å². The summed E-state index contributed by atoms with van der Waals surface area (Å²) in [6, 6.07) is 8.11. The maximum absolute atomic E-state index is 13.7. The minimum absolute atomic E-state index is 0.187. The summed E-state index contributed by atoms with van der Waals surface area (Å²) in [7, 11) is 1.42. The first kappa shape index (κ1) is 11.5. The van der Waals surface area contributed by atoms with E-state index in [0.717, 1.165) is 0 Å². The summed E-state index contributed by atoms with van der Waals surface area (Å²) < 4.78 is 29.2. The largest absolute Gasteiger partial charge is 0.494 e. The predicted molar refractivity (Wildman–Crippen MR) is 66.2 cm³/mol. The van der Waals surface area contributed by atoms with Crippen LogP contribution < -0.4 is 4.74 Å². The Bertz CT molecular complexity index is 689. The van der Waals surface area contributed by atoms with Gasteiger partial charge in [0.15, 0.2) is 29.5 Å². The molecule has 5 heteroatoms. The zero-order valence-corrected chi connectivity index (χ0v) is 10.1. The number of halogens is 1. The summed E-state index contributed by atoms with van der Waals surface area (Å²) in [6.07, 6.45) is 2.84. The standard InChI is InChI=1S/C14H10FNO3/c1-17-11-5-4-9(7-10(11)15)13-14(19-8-16-13)12-3-2-6-18-12/h2-8H,1H3. The SMILES string of the molecule is COc1ccc(-c2ncoc2-c2ccco2)cc1F. The van der Waals surface area contributed by atoms with Crippen molar-refractivity contribution in [2.24, 2.45) is 0 Å². The van der Waals surface area contributed by atoms with Crippen LogP contribution >= 0.6 is 0 Å². The summed E-state index contributed by atoms with van der Waals surface area (Å²) in [5.41, 5.74) is 1.12. The lowest BCUT2D eigenvalue weighted by Gasteiger charge is -2.04. The number of hydrogen-bond acceptors (Lipinski definition) is 4. The van der Waals surface area contributed by atoms with E-state index in [1.54, 1.807) is 24.3 Å². The van der Waals surface area contributed by atoms with Crippen LogP contribution in [0.3, 0.4) is 0 Å². The number of furan rings is 1. The monoisotopic (exact) mass is 259 g/mol. The molecule has 0 unspecified atom stereocenters.